The van der Waals surface area contributed by atoms with Gasteiger partial charge in [0.1, 0.15) is 0 Å². The van der Waals surface area contributed by atoms with Gasteiger partial charge in [-0.25, -0.2) is 0 Å². The molecule has 0 spiro atoms. The zero-order valence-electron chi connectivity index (χ0n) is 12.0. The molecule has 3 heteroatoms. The van der Waals surface area contributed by atoms with E-state index in [0.29, 0.717) is 0 Å². The molecule has 2 rings (SSSR count). The highest BCUT2D eigenvalue weighted by molar-refractivity contribution is 6.08. The van der Waals surface area contributed by atoms with Gasteiger partial charge in [0.15, 0.2) is 5.78 Å². The number of benzene rings is 2. The average molecular weight is 274 g/mol. The lowest BCUT2D eigenvalue weighted by Gasteiger charge is -1.99. The van der Waals surface area contributed by atoms with Crippen LogP contribution in [-0.2, 0) is 0 Å². The van der Waals surface area contributed by atoms with Gasteiger partial charge in [0, 0.05) is 24.3 Å². The summed E-state index contributed by atoms with van der Waals surface area (Å²) in [4.78, 5) is 11.8. The van der Waals surface area contributed by atoms with Crippen LogP contribution in [0.1, 0.15) is 29.8 Å². The van der Waals surface area contributed by atoms with Crippen LogP contribution in [0.15, 0.2) is 60.7 Å². The Kier molecular flexibility index (Phi) is 10.9. The summed E-state index contributed by atoms with van der Waals surface area (Å²) in [6, 6.07) is 18.6. The second-order valence-corrected chi connectivity index (χ2v) is 3.69. The number of carbonyl (C=O) groups excluding carboxylic acids is 1. The van der Waals surface area contributed by atoms with Crippen LogP contribution in [-0.4, -0.2) is 29.2 Å². The first-order valence-electron chi connectivity index (χ1n) is 6.57. The van der Waals surface area contributed by atoms with Gasteiger partial charge in [0.25, 0.3) is 0 Å². The normalized spacial score (nSPS) is 8.60. The lowest BCUT2D eigenvalue weighted by atomic mass is 10.0. The standard InChI is InChI=1S/C13H10O.2C2H6O/c14-13(11-7-3-1-4-8-11)12-9-5-2-6-10-12;2*1-2-3/h1-10H;2*3H,2H2,1H3. The quantitative estimate of drug-likeness (QED) is 0.828. The smallest absolute Gasteiger partial charge is 0.193 e. The van der Waals surface area contributed by atoms with Crippen LogP contribution in [0.5, 0.6) is 0 Å². The van der Waals surface area contributed by atoms with E-state index < -0.39 is 0 Å². The van der Waals surface area contributed by atoms with Crippen LogP contribution >= 0.6 is 0 Å². The summed E-state index contributed by atoms with van der Waals surface area (Å²) in [6.07, 6.45) is 0. The molecule has 3 nitrogen and oxygen atoms in total. The molecule has 0 fully saturated rings. The monoisotopic (exact) mass is 274 g/mol. The number of aliphatic hydroxyl groups excluding tert-OH is 2. The summed E-state index contributed by atoms with van der Waals surface area (Å²) in [5, 5.41) is 15.1. The van der Waals surface area contributed by atoms with Crippen LogP contribution in [0.4, 0.5) is 0 Å². The molecule has 20 heavy (non-hydrogen) atoms. The number of hydrogen-bond acceptors (Lipinski definition) is 3. The average Bonchev–Trinajstić information content (AvgIpc) is 2.50. The molecule has 0 unspecified atom stereocenters. The number of carbonyl (C=O) groups is 1. The highest BCUT2D eigenvalue weighted by Gasteiger charge is 2.06. The van der Waals surface area contributed by atoms with Crippen LogP contribution in [0.2, 0.25) is 0 Å². The Morgan fingerprint density at radius 1 is 0.750 bits per heavy atom. The first kappa shape index (κ1) is 18.0. The largest absolute Gasteiger partial charge is 0.397 e. The topological polar surface area (TPSA) is 57.5 Å². The maximum Gasteiger partial charge on any atom is 0.193 e. The fourth-order valence-corrected chi connectivity index (χ4v) is 1.35. The van der Waals surface area contributed by atoms with Gasteiger partial charge in [-0.2, -0.15) is 0 Å². The molecule has 0 radical (unpaired) electrons. The molecule has 0 aliphatic carbocycles. The van der Waals surface area contributed by atoms with Gasteiger partial charge < -0.3 is 10.2 Å². The lowest BCUT2D eigenvalue weighted by molar-refractivity contribution is 0.103. The summed E-state index contributed by atoms with van der Waals surface area (Å²) in [5.41, 5.74) is 1.47. The minimum Gasteiger partial charge on any atom is -0.397 e. The third kappa shape index (κ3) is 7.46. The van der Waals surface area contributed by atoms with Crippen molar-refractivity contribution in [2.24, 2.45) is 0 Å². The Balaban J connectivity index is 0.000000520. The summed E-state index contributed by atoms with van der Waals surface area (Å²) in [6.45, 7) is 3.86. The van der Waals surface area contributed by atoms with Crippen molar-refractivity contribution in [2.75, 3.05) is 13.2 Å². The van der Waals surface area contributed by atoms with Gasteiger partial charge in [-0.1, -0.05) is 60.7 Å². The molecule has 0 saturated heterocycles. The molecule has 0 aliphatic heterocycles. The Hall–Kier alpha value is -1.97. The van der Waals surface area contributed by atoms with E-state index in [0.717, 1.165) is 11.1 Å². The maximum atomic E-state index is 11.8. The molecule has 0 atom stereocenters. The van der Waals surface area contributed by atoms with E-state index in [1.807, 2.05) is 60.7 Å². The fraction of sp³-hybridized carbons (Fsp3) is 0.235. The minimum atomic E-state index is 0.0752. The van der Waals surface area contributed by atoms with Crippen molar-refractivity contribution in [1.82, 2.24) is 0 Å². The Morgan fingerprint density at radius 3 is 1.25 bits per heavy atom. The SMILES string of the molecule is CCO.CCO.O=C(c1ccccc1)c1ccccc1. The molecule has 108 valence electrons. The van der Waals surface area contributed by atoms with Crippen LogP contribution < -0.4 is 0 Å². The summed E-state index contributed by atoms with van der Waals surface area (Å²) in [5.74, 6) is 0.0752. The van der Waals surface area contributed by atoms with E-state index in [1.165, 1.54) is 0 Å². The predicted octanol–water partition coefficient (Wildman–Crippen LogP) is 2.91. The van der Waals surface area contributed by atoms with Crippen LogP contribution in [0.3, 0.4) is 0 Å². The summed E-state index contributed by atoms with van der Waals surface area (Å²) >= 11 is 0. The molecule has 0 saturated carbocycles. The molecule has 0 aromatic heterocycles. The van der Waals surface area contributed by atoms with E-state index in [4.69, 9.17) is 10.2 Å². The van der Waals surface area contributed by atoms with E-state index in [2.05, 4.69) is 0 Å². The molecule has 0 heterocycles. The number of ketones is 1. The highest BCUT2D eigenvalue weighted by atomic mass is 16.3. The molecule has 0 amide bonds. The minimum absolute atomic E-state index is 0.0752. The van der Waals surface area contributed by atoms with E-state index in [-0.39, 0.29) is 19.0 Å². The number of aliphatic hydroxyl groups is 2. The predicted molar refractivity (Wildman–Crippen MR) is 81.8 cm³/mol. The van der Waals surface area contributed by atoms with Crippen LogP contribution in [0, 0.1) is 0 Å². The third-order valence-electron chi connectivity index (χ3n) is 2.07. The zero-order valence-corrected chi connectivity index (χ0v) is 12.0. The first-order valence-corrected chi connectivity index (χ1v) is 6.57. The van der Waals surface area contributed by atoms with Gasteiger partial charge in [0.05, 0.1) is 0 Å². The summed E-state index contributed by atoms with van der Waals surface area (Å²) in [7, 11) is 0. The van der Waals surface area contributed by atoms with Crippen molar-refractivity contribution < 1.29 is 15.0 Å². The second kappa shape index (κ2) is 12.1. The van der Waals surface area contributed by atoms with E-state index in [1.54, 1.807) is 13.8 Å². The summed E-state index contributed by atoms with van der Waals surface area (Å²) < 4.78 is 0. The van der Waals surface area contributed by atoms with Crippen molar-refractivity contribution in [3.63, 3.8) is 0 Å². The third-order valence-corrected chi connectivity index (χ3v) is 2.07. The van der Waals surface area contributed by atoms with Crippen LogP contribution in [0.25, 0.3) is 0 Å². The Morgan fingerprint density at radius 2 is 1.00 bits per heavy atom. The molecular weight excluding hydrogens is 252 g/mol. The van der Waals surface area contributed by atoms with E-state index >= 15 is 0 Å². The zero-order chi connectivity index (χ0) is 15.2. The van der Waals surface area contributed by atoms with Crippen molar-refractivity contribution in [2.45, 2.75) is 13.8 Å². The fourth-order valence-electron chi connectivity index (χ4n) is 1.35. The van der Waals surface area contributed by atoms with Crippen molar-refractivity contribution in [3.8, 4) is 0 Å². The molecule has 2 N–H and O–H groups in total. The molecule has 0 bridgehead atoms. The van der Waals surface area contributed by atoms with Gasteiger partial charge in [-0.3, -0.25) is 4.79 Å². The van der Waals surface area contributed by atoms with E-state index in [9.17, 15) is 4.79 Å². The highest BCUT2D eigenvalue weighted by Crippen LogP contribution is 2.08. The molecular formula is C17H22O3. The maximum absolute atomic E-state index is 11.8. The molecule has 2 aromatic carbocycles. The Labute approximate surface area is 120 Å². The lowest BCUT2D eigenvalue weighted by Crippen LogP contribution is -1.99. The van der Waals surface area contributed by atoms with Crippen molar-refractivity contribution >= 4 is 5.78 Å². The number of hydrogen-bond donors (Lipinski definition) is 2. The molecule has 2 aromatic rings. The van der Waals surface area contributed by atoms with Crippen molar-refractivity contribution in [3.05, 3.63) is 71.8 Å². The van der Waals surface area contributed by atoms with Gasteiger partial charge in [-0.15, -0.1) is 0 Å². The van der Waals surface area contributed by atoms with Gasteiger partial charge in [0.2, 0.25) is 0 Å². The van der Waals surface area contributed by atoms with Gasteiger partial charge in [-0.05, 0) is 13.8 Å². The first-order chi connectivity index (χ1) is 9.71. The molecule has 0 aliphatic rings. The Bertz CT molecular complexity index is 409. The van der Waals surface area contributed by atoms with Gasteiger partial charge >= 0.3 is 0 Å². The number of rotatable bonds is 2. The van der Waals surface area contributed by atoms with Crippen molar-refractivity contribution in [1.29, 1.82) is 0 Å². The second-order valence-electron chi connectivity index (χ2n) is 3.69.